The van der Waals surface area contributed by atoms with Crippen LogP contribution in [0.25, 0.3) is 0 Å². The van der Waals surface area contributed by atoms with Crippen molar-refractivity contribution >= 4 is 35.0 Å². The van der Waals surface area contributed by atoms with Crippen LogP contribution in [0.2, 0.25) is 0 Å². The van der Waals surface area contributed by atoms with Gasteiger partial charge in [0.2, 0.25) is 5.91 Å². The summed E-state index contributed by atoms with van der Waals surface area (Å²) in [5.74, 6) is 0.880. The number of benzene rings is 2. The molecule has 1 atom stereocenters. The molecule has 2 N–H and O–H groups in total. The standard InChI is InChI=1S/C21H23N3O6S/c1-31-11-8-17(23-20(25)14-4-2-5-16(12-14)24(27)28)21(26)22-15-6-7-18-19(13-15)30-10-3-9-29-18/h2,4-7,12-13,17H,3,8-11H2,1H3,(H,22,26)(H,23,25). The molecule has 0 bridgehead atoms. The monoisotopic (exact) mass is 445 g/mol. The summed E-state index contributed by atoms with van der Waals surface area (Å²) >= 11 is 1.55. The Morgan fingerprint density at radius 2 is 1.94 bits per heavy atom. The number of non-ortho nitro benzene ring substituents is 1. The van der Waals surface area contributed by atoms with Crippen LogP contribution in [-0.4, -0.2) is 48.0 Å². The molecule has 2 amide bonds. The highest BCUT2D eigenvalue weighted by atomic mass is 32.2. The lowest BCUT2D eigenvalue weighted by molar-refractivity contribution is -0.384. The van der Waals surface area contributed by atoms with Gasteiger partial charge in [-0.2, -0.15) is 11.8 Å². The third-order valence-corrected chi connectivity index (χ3v) is 5.21. The molecular formula is C21H23N3O6S. The van der Waals surface area contributed by atoms with Gasteiger partial charge in [-0.25, -0.2) is 0 Å². The summed E-state index contributed by atoms with van der Waals surface area (Å²) in [6.45, 7) is 1.10. The number of fused-ring (bicyclic) bond motifs is 1. The molecule has 2 aromatic carbocycles. The van der Waals surface area contributed by atoms with Gasteiger partial charge in [-0.1, -0.05) is 6.07 Å². The number of carbonyl (C=O) groups excluding carboxylic acids is 2. The van der Waals surface area contributed by atoms with Crippen molar-refractivity contribution < 1.29 is 24.0 Å². The number of thioether (sulfide) groups is 1. The molecule has 10 heteroatoms. The minimum Gasteiger partial charge on any atom is -0.490 e. The molecular weight excluding hydrogens is 422 g/mol. The summed E-state index contributed by atoms with van der Waals surface area (Å²) in [7, 11) is 0. The maximum Gasteiger partial charge on any atom is 0.270 e. The average Bonchev–Trinajstić information content (AvgIpc) is 3.01. The van der Waals surface area contributed by atoms with E-state index < -0.39 is 16.9 Å². The van der Waals surface area contributed by atoms with Crippen LogP contribution in [0.15, 0.2) is 42.5 Å². The quantitative estimate of drug-likeness (QED) is 0.473. The fraction of sp³-hybridized carbons (Fsp3) is 0.333. The van der Waals surface area contributed by atoms with E-state index in [2.05, 4.69) is 10.6 Å². The van der Waals surface area contributed by atoms with Crippen molar-refractivity contribution in [3.8, 4) is 11.5 Å². The van der Waals surface area contributed by atoms with E-state index in [4.69, 9.17) is 9.47 Å². The Labute approximate surface area is 183 Å². The lowest BCUT2D eigenvalue weighted by atomic mass is 10.1. The zero-order chi connectivity index (χ0) is 22.2. The van der Waals surface area contributed by atoms with Gasteiger partial charge in [0.05, 0.1) is 18.1 Å². The predicted molar refractivity (Wildman–Crippen MR) is 118 cm³/mol. The molecule has 3 rings (SSSR count). The van der Waals surface area contributed by atoms with Crippen molar-refractivity contribution in [1.82, 2.24) is 5.32 Å². The van der Waals surface area contributed by atoms with Gasteiger partial charge in [0.25, 0.3) is 11.6 Å². The number of rotatable bonds is 8. The molecule has 31 heavy (non-hydrogen) atoms. The van der Waals surface area contributed by atoms with E-state index in [0.29, 0.717) is 42.6 Å². The number of nitro benzene ring substituents is 1. The van der Waals surface area contributed by atoms with Crippen molar-refractivity contribution in [3.63, 3.8) is 0 Å². The molecule has 9 nitrogen and oxygen atoms in total. The van der Waals surface area contributed by atoms with E-state index in [1.807, 2.05) is 6.26 Å². The molecule has 0 aliphatic carbocycles. The maximum absolute atomic E-state index is 12.9. The lowest BCUT2D eigenvalue weighted by Gasteiger charge is -2.19. The summed E-state index contributed by atoms with van der Waals surface area (Å²) < 4.78 is 11.2. The minimum absolute atomic E-state index is 0.117. The second kappa shape index (κ2) is 10.7. The highest BCUT2D eigenvalue weighted by molar-refractivity contribution is 7.98. The maximum atomic E-state index is 12.9. The van der Waals surface area contributed by atoms with Gasteiger partial charge in [-0.15, -0.1) is 0 Å². The minimum atomic E-state index is -0.810. The Kier molecular flexibility index (Phi) is 7.71. The van der Waals surface area contributed by atoms with E-state index in [9.17, 15) is 19.7 Å². The highest BCUT2D eigenvalue weighted by Crippen LogP contribution is 2.32. The molecule has 1 unspecified atom stereocenters. The van der Waals surface area contributed by atoms with Gasteiger partial charge >= 0.3 is 0 Å². The van der Waals surface area contributed by atoms with Crippen LogP contribution < -0.4 is 20.1 Å². The van der Waals surface area contributed by atoms with Gasteiger partial charge in [-0.3, -0.25) is 19.7 Å². The van der Waals surface area contributed by atoms with E-state index in [0.717, 1.165) is 6.42 Å². The van der Waals surface area contributed by atoms with Crippen LogP contribution in [0.5, 0.6) is 11.5 Å². The van der Waals surface area contributed by atoms with Crippen molar-refractivity contribution in [2.75, 3.05) is 30.5 Å². The summed E-state index contributed by atoms with van der Waals surface area (Å²) in [5, 5.41) is 16.4. The molecule has 0 fully saturated rings. The van der Waals surface area contributed by atoms with Crippen molar-refractivity contribution in [3.05, 3.63) is 58.1 Å². The van der Waals surface area contributed by atoms with Crippen LogP contribution >= 0.6 is 11.8 Å². The number of nitrogens with one attached hydrogen (secondary N) is 2. The average molecular weight is 445 g/mol. The summed E-state index contributed by atoms with van der Waals surface area (Å²) in [6, 6.07) is 9.70. The van der Waals surface area contributed by atoms with E-state index in [1.165, 1.54) is 24.3 Å². The number of hydrogen-bond acceptors (Lipinski definition) is 7. The molecule has 2 aromatic rings. The second-order valence-electron chi connectivity index (χ2n) is 6.82. The topological polar surface area (TPSA) is 120 Å². The largest absolute Gasteiger partial charge is 0.490 e. The first-order valence-electron chi connectivity index (χ1n) is 9.72. The second-order valence-corrected chi connectivity index (χ2v) is 7.80. The molecule has 0 spiro atoms. The fourth-order valence-corrected chi connectivity index (χ4v) is 3.45. The molecule has 1 aliphatic heterocycles. The summed E-state index contributed by atoms with van der Waals surface area (Å²) in [4.78, 5) is 35.9. The number of nitro groups is 1. The SMILES string of the molecule is CSCCC(NC(=O)c1cccc([N+](=O)[O-])c1)C(=O)Nc1ccc2c(c1)OCCCO2. The van der Waals surface area contributed by atoms with Gasteiger partial charge < -0.3 is 20.1 Å². The molecule has 0 aromatic heterocycles. The Hall–Kier alpha value is -3.27. The molecule has 0 saturated carbocycles. The number of anilines is 1. The third kappa shape index (κ3) is 6.11. The van der Waals surface area contributed by atoms with Gasteiger partial charge in [-0.05, 0) is 36.6 Å². The molecule has 164 valence electrons. The van der Waals surface area contributed by atoms with Crippen LogP contribution in [0.4, 0.5) is 11.4 Å². The Balaban J connectivity index is 1.72. The van der Waals surface area contributed by atoms with Gasteiger partial charge in [0.1, 0.15) is 6.04 Å². The number of carbonyl (C=O) groups is 2. The predicted octanol–water partition coefficient (Wildman–Crippen LogP) is 3.25. The Morgan fingerprint density at radius 1 is 1.16 bits per heavy atom. The molecule has 1 aliphatic rings. The number of hydrogen-bond donors (Lipinski definition) is 2. The summed E-state index contributed by atoms with van der Waals surface area (Å²) in [6.07, 6.45) is 3.08. The van der Waals surface area contributed by atoms with Crippen LogP contribution in [-0.2, 0) is 4.79 Å². The molecule has 1 heterocycles. The van der Waals surface area contributed by atoms with Gasteiger partial charge in [0, 0.05) is 35.9 Å². The van der Waals surface area contributed by atoms with E-state index >= 15 is 0 Å². The molecule has 0 saturated heterocycles. The third-order valence-electron chi connectivity index (χ3n) is 4.57. The first kappa shape index (κ1) is 22.4. The van der Waals surface area contributed by atoms with E-state index in [1.54, 1.807) is 30.0 Å². The van der Waals surface area contributed by atoms with Crippen LogP contribution in [0, 0.1) is 10.1 Å². The number of amides is 2. The zero-order valence-electron chi connectivity index (χ0n) is 17.0. The Morgan fingerprint density at radius 3 is 2.68 bits per heavy atom. The fourth-order valence-electron chi connectivity index (χ4n) is 2.98. The normalized spacial score (nSPS) is 13.6. The summed E-state index contributed by atoms with van der Waals surface area (Å²) in [5.41, 5.74) is 0.449. The zero-order valence-corrected chi connectivity index (χ0v) is 17.8. The number of ether oxygens (including phenoxy) is 2. The van der Waals surface area contributed by atoms with Crippen molar-refractivity contribution in [1.29, 1.82) is 0 Å². The lowest BCUT2D eigenvalue weighted by Crippen LogP contribution is -2.44. The first-order chi connectivity index (χ1) is 15.0. The smallest absolute Gasteiger partial charge is 0.270 e. The number of nitrogens with zero attached hydrogens (tertiary/aromatic N) is 1. The first-order valence-corrected chi connectivity index (χ1v) is 11.1. The van der Waals surface area contributed by atoms with Crippen LogP contribution in [0.3, 0.4) is 0 Å². The van der Waals surface area contributed by atoms with Gasteiger partial charge in [0.15, 0.2) is 11.5 Å². The van der Waals surface area contributed by atoms with Crippen molar-refractivity contribution in [2.45, 2.75) is 18.9 Å². The Bertz CT molecular complexity index is 968. The van der Waals surface area contributed by atoms with Crippen LogP contribution in [0.1, 0.15) is 23.2 Å². The molecule has 0 radical (unpaired) electrons. The van der Waals surface area contributed by atoms with E-state index in [-0.39, 0.29) is 17.2 Å². The van der Waals surface area contributed by atoms with Crippen molar-refractivity contribution in [2.24, 2.45) is 0 Å². The highest BCUT2D eigenvalue weighted by Gasteiger charge is 2.23.